The molecule has 112 valence electrons. The van der Waals surface area contributed by atoms with Crippen LogP contribution in [0, 0.1) is 5.41 Å². The number of sulfonamides is 1. The fraction of sp³-hybridized carbons (Fsp3) is 1.00. The van der Waals surface area contributed by atoms with Crippen molar-refractivity contribution in [1.82, 2.24) is 10.0 Å². The van der Waals surface area contributed by atoms with Gasteiger partial charge in [-0.2, -0.15) is 0 Å². The molecule has 6 heteroatoms. The minimum absolute atomic E-state index is 0.00465. The molecule has 0 bridgehead atoms. The molecule has 2 fully saturated rings. The lowest BCUT2D eigenvalue weighted by molar-refractivity contribution is -0.108. The first-order valence-electron chi connectivity index (χ1n) is 7.20. The number of hydrogen-bond donors (Lipinski definition) is 2. The topological polar surface area (TPSA) is 67.4 Å². The van der Waals surface area contributed by atoms with Crippen molar-refractivity contribution >= 4 is 10.0 Å². The molecule has 2 aliphatic carbocycles. The van der Waals surface area contributed by atoms with Gasteiger partial charge in [0.25, 0.3) is 0 Å². The van der Waals surface area contributed by atoms with E-state index in [2.05, 4.69) is 23.9 Å². The molecular weight excluding hydrogens is 264 g/mol. The summed E-state index contributed by atoms with van der Waals surface area (Å²) in [5.41, 5.74) is -0.118. The van der Waals surface area contributed by atoms with Crippen molar-refractivity contribution in [1.29, 1.82) is 0 Å². The molecule has 0 amide bonds. The van der Waals surface area contributed by atoms with Crippen LogP contribution in [-0.2, 0) is 14.8 Å². The van der Waals surface area contributed by atoms with Crippen molar-refractivity contribution in [2.24, 2.45) is 5.41 Å². The van der Waals surface area contributed by atoms with E-state index in [1.165, 1.54) is 12.8 Å². The summed E-state index contributed by atoms with van der Waals surface area (Å²) in [6.45, 7) is 7.32. The first kappa shape index (κ1) is 15.2. The van der Waals surface area contributed by atoms with Crippen LogP contribution in [0.15, 0.2) is 0 Å². The van der Waals surface area contributed by atoms with Gasteiger partial charge in [-0.15, -0.1) is 0 Å². The fourth-order valence-electron chi connectivity index (χ4n) is 2.53. The Morgan fingerprint density at radius 2 is 2.00 bits per heavy atom. The lowest BCUT2D eigenvalue weighted by atomic mass is 9.65. The Morgan fingerprint density at radius 1 is 1.32 bits per heavy atom. The van der Waals surface area contributed by atoms with E-state index in [1.807, 2.05) is 6.92 Å². The van der Waals surface area contributed by atoms with Gasteiger partial charge in [0.05, 0.1) is 11.9 Å². The van der Waals surface area contributed by atoms with Gasteiger partial charge in [-0.3, -0.25) is 0 Å². The second-order valence-corrected chi connectivity index (χ2v) is 8.09. The van der Waals surface area contributed by atoms with Crippen LogP contribution in [0.1, 0.15) is 40.0 Å². The molecule has 0 aromatic carbocycles. The lowest BCUT2D eigenvalue weighted by Gasteiger charge is -2.51. The van der Waals surface area contributed by atoms with Gasteiger partial charge in [0.2, 0.25) is 10.0 Å². The zero-order valence-corrected chi connectivity index (χ0v) is 12.9. The second kappa shape index (κ2) is 5.68. The largest absolute Gasteiger partial charge is 0.378 e. The van der Waals surface area contributed by atoms with Gasteiger partial charge in [-0.25, -0.2) is 13.1 Å². The van der Waals surface area contributed by atoms with E-state index in [0.29, 0.717) is 19.2 Å². The van der Waals surface area contributed by atoms with Crippen molar-refractivity contribution in [3.05, 3.63) is 0 Å². The summed E-state index contributed by atoms with van der Waals surface area (Å²) < 4.78 is 32.4. The number of nitrogens with one attached hydrogen (secondary N) is 2. The smallest absolute Gasteiger partial charge is 0.213 e. The summed E-state index contributed by atoms with van der Waals surface area (Å²) in [6, 6.07) is 0.549. The van der Waals surface area contributed by atoms with E-state index in [0.717, 1.165) is 6.42 Å². The first-order valence-corrected chi connectivity index (χ1v) is 8.85. The summed E-state index contributed by atoms with van der Waals surface area (Å²) >= 11 is 0. The van der Waals surface area contributed by atoms with E-state index in [-0.39, 0.29) is 23.3 Å². The minimum Gasteiger partial charge on any atom is -0.378 e. The molecule has 2 saturated carbocycles. The van der Waals surface area contributed by atoms with Crippen molar-refractivity contribution in [3.63, 3.8) is 0 Å². The summed E-state index contributed by atoms with van der Waals surface area (Å²) in [4.78, 5) is 0. The highest BCUT2D eigenvalue weighted by atomic mass is 32.2. The molecule has 2 N–H and O–H groups in total. The predicted octanol–water partition coefficient (Wildman–Crippen LogP) is 0.861. The van der Waals surface area contributed by atoms with E-state index in [1.54, 1.807) is 0 Å². The highest BCUT2D eigenvalue weighted by Gasteiger charge is 2.50. The predicted molar refractivity (Wildman–Crippen MR) is 75.5 cm³/mol. The van der Waals surface area contributed by atoms with Gasteiger partial charge in [0.15, 0.2) is 0 Å². The lowest BCUT2D eigenvalue weighted by Crippen LogP contribution is -2.62. The molecule has 2 rings (SSSR count). The quantitative estimate of drug-likeness (QED) is 0.696. The van der Waals surface area contributed by atoms with Crippen molar-refractivity contribution < 1.29 is 13.2 Å². The van der Waals surface area contributed by atoms with Crippen LogP contribution in [0.2, 0.25) is 0 Å². The molecule has 0 heterocycles. The molecule has 2 unspecified atom stereocenters. The molecule has 0 aromatic rings. The van der Waals surface area contributed by atoms with Crippen LogP contribution >= 0.6 is 0 Å². The van der Waals surface area contributed by atoms with Gasteiger partial charge in [-0.1, -0.05) is 13.8 Å². The highest BCUT2D eigenvalue weighted by Crippen LogP contribution is 2.43. The average molecular weight is 290 g/mol. The third-order valence-electron chi connectivity index (χ3n) is 4.25. The molecular formula is C13H26N2O3S. The van der Waals surface area contributed by atoms with Gasteiger partial charge in [-0.05, 0) is 26.2 Å². The van der Waals surface area contributed by atoms with Crippen LogP contribution in [0.5, 0.6) is 0 Å². The van der Waals surface area contributed by atoms with E-state index < -0.39 is 10.0 Å². The van der Waals surface area contributed by atoms with Crippen LogP contribution in [0.4, 0.5) is 0 Å². The molecule has 2 atom stereocenters. The summed E-state index contributed by atoms with van der Waals surface area (Å²) in [5, 5.41) is 3.23. The summed E-state index contributed by atoms with van der Waals surface area (Å²) in [5.74, 6) is 0.162. The van der Waals surface area contributed by atoms with E-state index in [4.69, 9.17) is 4.74 Å². The third-order valence-corrected chi connectivity index (χ3v) is 5.63. The van der Waals surface area contributed by atoms with Crippen LogP contribution in [0.3, 0.4) is 0 Å². The fourth-order valence-corrected chi connectivity index (χ4v) is 3.87. The van der Waals surface area contributed by atoms with Crippen LogP contribution in [-0.4, -0.2) is 45.5 Å². The van der Waals surface area contributed by atoms with E-state index >= 15 is 0 Å². The zero-order valence-electron chi connectivity index (χ0n) is 12.1. The molecule has 2 aliphatic rings. The maximum atomic E-state index is 12.0. The summed E-state index contributed by atoms with van der Waals surface area (Å²) in [7, 11) is -3.19. The SMILES string of the molecule is CCOC1CC(NS(=O)(=O)CCNC2CC2)C1(C)C. The van der Waals surface area contributed by atoms with Gasteiger partial charge in [0.1, 0.15) is 0 Å². The molecule has 0 aromatic heterocycles. The monoisotopic (exact) mass is 290 g/mol. The van der Waals surface area contributed by atoms with Gasteiger partial charge in [0, 0.05) is 30.7 Å². The molecule has 0 saturated heterocycles. The second-order valence-electron chi connectivity index (χ2n) is 6.22. The number of hydrogen-bond acceptors (Lipinski definition) is 4. The Kier molecular flexibility index (Phi) is 4.55. The van der Waals surface area contributed by atoms with E-state index in [9.17, 15) is 8.42 Å². The maximum Gasteiger partial charge on any atom is 0.213 e. The van der Waals surface area contributed by atoms with Crippen molar-refractivity contribution in [2.75, 3.05) is 18.9 Å². The minimum atomic E-state index is -3.19. The highest BCUT2D eigenvalue weighted by molar-refractivity contribution is 7.89. The zero-order chi connectivity index (χ0) is 14.1. The number of rotatable bonds is 8. The average Bonchev–Trinajstić information content (AvgIpc) is 3.11. The van der Waals surface area contributed by atoms with Gasteiger partial charge < -0.3 is 10.1 Å². The Hall–Kier alpha value is -0.170. The van der Waals surface area contributed by atoms with Crippen molar-refractivity contribution in [3.8, 4) is 0 Å². The standard InChI is InChI=1S/C13H26N2O3S/c1-4-18-12-9-11(13(12,2)3)15-19(16,17)8-7-14-10-5-6-10/h10-12,14-15H,4-9H2,1-3H3. The third kappa shape index (κ3) is 3.90. The Labute approximate surface area is 116 Å². The molecule has 0 aliphatic heterocycles. The van der Waals surface area contributed by atoms with Crippen LogP contribution in [0.25, 0.3) is 0 Å². The first-order chi connectivity index (χ1) is 8.85. The Morgan fingerprint density at radius 3 is 2.53 bits per heavy atom. The Balaban J connectivity index is 1.76. The Bertz CT molecular complexity index is 404. The van der Waals surface area contributed by atoms with Gasteiger partial charge >= 0.3 is 0 Å². The molecule has 0 spiro atoms. The molecule has 0 radical (unpaired) electrons. The number of ether oxygens (including phenoxy) is 1. The maximum absolute atomic E-state index is 12.0. The van der Waals surface area contributed by atoms with Crippen LogP contribution < -0.4 is 10.0 Å². The summed E-state index contributed by atoms with van der Waals surface area (Å²) in [6.07, 6.45) is 3.30. The molecule has 5 nitrogen and oxygen atoms in total. The molecule has 19 heavy (non-hydrogen) atoms. The normalized spacial score (nSPS) is 30.1. The van der Waals surface area contributed by atoms with Crippen molar-refractivity contribution in [2.45, 2.75) is 58.2 Å².